The Morgan fingerprint density at radius 3 is 2.74 bits per heavy atom. The quantitative estimate of drug-likeness (QED) is 0.729. The van der Waals surface area contributed by atoms with E-state index in [4.69, 9.17) is 0 Å². The summed E-state index contributed by atoms with van der Waals surface area (Å²) in [5.41, 5.74) is 3.53. The second-order valence-corrected chi connectivity index (χ2v) is 4.39. The maximum Gasteiger partial charge on any atom is 0.107 e. The second kappa shape index (κ2) is 6.34. The minimum absolute atomic E-state index is 0. The van der Waals surface area contributed by atoms with Gasteiger partial charge >= 0.3 is 0 Å². The number of fused-ring (bicyclic) bond motifs is 1. The molecule has 0 atom stereocenters. The Labute approximate surface area is 118 Å². The van der Waals surface area contributed by atoms with E-state index in [2.05, 4.69) is 44.9 Å². The van der Waals surface area contributed by atoms with E-state index in [1.807, 2.05) is 24.8 Å². The van der Waals surface area contributed by atoms with Crippen molar-refractivity contribution in [2.75, 3.05) is 0 Å². The van der Waals surface area contributed by atoms with Gasteiger partial charge in [-0.3, -0.25) is 4.98 Å². The van der Waals surface area contributed by atoms with Gasteiger partial charge in [0.05, 0.1) is 18.0 Å². The van der Waals surface area contributed by atoms with Crippen molar-refractivity contribution < 1.29 is 0 Å². The molecule has 0 N–H and O–H groups in total. The zero-order valence-corrected chi connectivity index (χ0v) is 11.4. The van der Waals surface area contributed by atoms with E-state index >= 15 is 0 Å². The number of aryl methyl sites for hydroxylation is 2. The first kappa shape index (κ1) is 13.6. The number of hydrogen-bond donors (Lipinski definition) is 0. The van der Waals surface area contributed by atoms with Crippen LogP contribution in [0.2, 0.25) is 0 Å². The van der Waals surface area contributed by atoms with Gasteiger partial charge < -0.3 is 4.57 Å². The van der Waals surface area contributed by atoms with Crippen molar-refractivity contribution in [1.29, 1.82) is 0 Å². The van der Waals surface area contributed by atoms with E-state index in [1.54, 1.807) is 0 Å². The monoisotopic (exact) mass is 273 g/mol. The van der Waals surface area contributed by atoms with Crippen molar-refractivity contribution in [3.05, 3.63) is 60.7 Å². The lowest BCUT2D eigenvalue weighted by Crippen LogP contribution is -1.98. The van der Waals surface area contributed by atoms with Crippen LogP contribution in [0.5, 0.6) is 0 Å². The molecule has 0 aliphatic rings. The van der Waals surface area contributed by atoms with E-state index in [0.29, 0.717) is 0 Å². The van der Waals surface area contributed by atoms with Crippen molar-refractivity contribution in [1.82, 2.24) is 14.5 Å². The summed E-state index contributed by atoms with van der Waals surface area (Å²) in [6.07, 6.45) is 7.75. The van der Waals surface area contributed by atoms with E-state index in [1.165, 1.54) is 5.56 Å². The van der Waals surface area contributed by atoms with Crippen LogP contribution in [-0.2, 0) is 13.0 Å². The number of pyridine rings is 1. The smallest absolute Gasteiger partial charge is 0.107 e. The summed E-state index contributed by atoms with van der Waals surface area (Å²) in [5, 5.41) is 0. The van der Waals surface area contributed by atoms with Crippen LogP contribution in [0.25, 0.3) is 11.0 Å². The number of hydrogen-bond acceptors (Lipinski definition) is 2. The predicted molar refractivity (Wildman–Crippen MR) is 79.5 cm³/mol. The van der Waals surface area contributed by atoms with Gasteiger partial charge in [0, 0.05) is 12.7 Å². The number of benzene rings is 1. The highest BCUT2D eigenvalue weighted by Crippen LogP contribution is 2.12. The van der Waals surface area contributed by atoms with Gasteiger partial charge in [-0.15, -0.1) is 12.4 Å². The molecule has 0 amide bonds. The average molecular weight is 274 g/mol. The van der Waals surface area contributed by atoms with Crippen LogP contribution >= 0.6 is 12.4 Å². The van der Waals surface area contributed by atoms with Gasteiger partial charge in [-0.1, -0.05) is 30.3 Å². The molecule has 2 aromatic heterocycles. The SMILES string of the molecule is Cl.c1ccc(CCCn2cnc3cnccc32)cc1. The summed E-state index contributed by atoms with van der Waals surface area (Å²) in [6, 6.07) is 12.6. The predicted octanol–water partition coefficient (Wildman–Crippen LogP) is 3.49. The molecule has 1 aromatic carbocycles. The summed E-state index contributed by atoms with van der Waals surface area (Å²) >= 11 is 0. The molecule has 0 bridgehead atoms. The van der Waals surface area contributed by atoms with E-state index in [9.17, 15) is 0 Å². The van der Waals surface area contributed by atoms with E-state index in [-0.39, 0.29) is 12.4 Å². The van der Waals surface area contributed by atoms with Crippen LogP contribution in [0.15, 0.2) is 55.1 Å². The average Bonchev–Trinajstić information content (AvgIpc) is 2.84. The maximum atomic E-state index is 4.34. The fraction of sp³-hybridized carbons (Fsp3) is 0.200. The lowest BCUT2D eigenvalue weighted by molar-refractivity contribution is 0.657. The summed E-state index contributed by atoms with van der Waals surface area (Å²) < 4.78 is 2.19. The number of halogens is 1. The fourth-order valence-corrected chi connectivity index (χ4v) is 2.19. The molecule has 2 heterocycles. The van der Waals surface area contributed by atoms with Gasteiger partial charge in [0.2, 0.25) is 0 Å². The van der Waals surface area contributed by atoms with Crippen LogP contribution in [0.4, 0.5) is 0 Å². The molecule has 3 nitrogen and oxygen atoms in total. The van der Waals surface area contributed by atoms with Gasteiger partial charge in [-0.05, 0) is 24.5 Å². The second-order valence-electron chi connectivity index (χ2n) is 4.39. The normalized spacial score (nSPS) is 10.3. The summed E-state index contributed by atoms with van der Waals surface area (Å²) in [5.74, 6) is 0. The Balaban J connectivity index is 0.00000133. The van der Waals surface area contributed by atoms with E-state index in [0.717, 1.165) is 30.4 Å². The van der Waals surface area contributed by atoms with Gasteiger partial charge in [0.1, 0.15) is 5.52 Å². The Morgan fingerprint density at radius 1 is 1.05 bits per heavy atom. The molecule has 0 radical (unpaired) electrons. The molecule has 0 saturated carbocycles. The van der Waals surface area contributed by atoms with Crippen molar-refractivity contribution in [3.63, 3.8) is 0 Å². The van der Waals surface area contributed by atoms with Crippen LogP contribution < -0.4 is 0 Å². The molecular formula is C15H16ClN3. The third-order valence-electron chi connectivity index (χ3n) is 3.13. The molecule has 0 aliphatic heterocycles. The topological polar surface area (TPSA) is 30.7 Å². The largest absolute Gasteiger partial charge is 0.330 e. The summed E-state index contributed by atoms with van der Waals surface area (Å²) in [7, 11) is 0. The Bertz CT molecular complexity index is 634. The minimum Gasteiger partial charge on any atom is -0.330 e. The van der Waals surface area contributed by atoms with E-state index < -0.39 is 0 Å². The summed E-state index contributed by atoms with van der Waals surface area (Å²) in [6.45, 7) is 0.995. The highest BCUT2D eigenvalue weighted by Gasteiger charge is 2.01. The third kappa shape index (κ3) is 3.12. The molecule has 0 spiro atoms. The number of aromatic nitrogens is 3. The van der Waals surface area contributed by atoms with Crippen molar-refractivity contribution >= 4 is 23.4 Å². The van der Waals surface area contributed by atoms with Crippen molar-refractivity contribution in [3.8, 4) is 0 Å². The maximum absolute atomic E-state index is 4.34. The molecule has 19 heavy (non-hydrogen) atoms. The number of imidazole rings is 1. The van der Waals surface area contributed by atoms with Crippen LogP contribution in [0.1, 0.15) is 12.0 Å². The van der Waals surface area contributed by atoms with Crippen LogP contribution in [-0.4, -0.2) is 14.5 Å². The lowest BCUT2D eigenvalue weighted by Gasteiger charge is -2.04. The third-order valence-corrected chi connectivity index (χ3v) is 3.13. The van der Waals surface area contributed by atoms with Crippen LogP contribution in [0, 0.1) is 0 Å². The Kier molecular flexibility index (Phi) is 4.53. The van der Waals surface area contributed by atoms with Gasteiger partial charge in [-0.25, -0.2) is 4.98 Å². The lowest BCUT2D eigenvalue weighted by atomic mass is 10.1. The molecule has 98 valence electrons. The number of rotatable bonds is 4. The first-order chi connectivity index (χ1) is 8.93. The highest BCUT2D eigenvalue weighted by atomic mass is 35.5. The zero-order valence-electron chi connectivity index (χ0n) is 10.6. The first-order valence-electron chi connectivity index (χ1n) is 6.22. The summed E-state index contributed by atoms with van der Waals surface area (Å²) in [4.78, 5) is 8.42. The zero-order chi connectivity index (χ0) is 12.2. The number of nitrogens with zero attached hydrogens (tertiary/aromatic N) is 3. The first-order valence-corrected chi connectivity index (χ1v) is 6.22. The molecule has 3 rings (SSSR count). The molecule has 0 aliphatic carbocycles. The molecule has 0 saturated heterocycles. The van der Waals surface area contributed by atoms with Crippen LogP contribution in [0.3, 0.4) is 0 Å². The Hall–Kier alpha value is -1.87. The highest BCUT2D eigenvalue weighted by molar-refractivity contribution is 5.85. The fourth-order valence-electron chi connectivity index (χ4n) is 2.19. The van der Waals surface area contributed by atoms with Crippen molar-refractivity contribution in [2.45, 2.75) is 19.4 Å². The Morgan fingerprint density at radius 2 is 1.89 bits per heavy atom. The van der Waals surface area contributed by atoms with Gasteiger partial charge in [0.25, 0.3) is 0 Å². The van der Waals surface area contributed by atoms with Gasteiger partial charge in [0.15, 0.2) is 0 Å². The molecule has 4 heteroatoms. The molecular weight excluding hydrogens is 258 g/mol. The standard InChI is InChI=1S/C15H15N3.ClH/c1-2-5-13(6-3-1)7-4-10-18-12-17-14-11-16-9-8-15(14)18;/h1-3,5-6,8-9,11-12H,4,7,10H2;1H. The molecule has 0 fully saturated rings. The molecule has 3 aromatic rings. The minimum atomic E-state index is 0. The molecule has 0 unspecified atom stereocenters. The van der Waals surface area contributed by atoms with Crippen molar-refractivity contribution in [2.24, 2.45) is 0 Å². The van der Waals surface area contributed by atoms with Gasteiger partial charge in [-0.2, -0.15) is 0 Å².